The Morgan fingerprint density at radius 2 is 2.28 bits per heavy atom. The molecule has 0 saturated carbocycles. The SMILES string of the molecule is CCCPCC.CN1CCCC1c1cccnc1. The van der Waals surface area contributed by atoms with Gasteiger partial charge in [-0.05, 0) is 50.4 Å². The van der Waals surface area contributed by atoms with Crippen LogP contribution in [0.15, 0.2) is 24.5 Å². The first-order chi connectivity index (χ1) is 8.79. The summed E-state index contributed by atoms with van der Waals surface area (Å²) in [6.45, 7) is 5.70. The lowest BCUT2D eigenvalue weighted by Crippen LogP contribution is -2.17. The monoisotopic (exact) mass is 266 g/mol. The van der Waals surface area contributed by atoms with Gasteiger partial charge in [-0.15, -0.1) is 8.58 Å². The number of rotatable bonds is 4. The molecule has 18 heavy (non-hydrogen) atoms. The molecule has 1 aliphatic rings. The lowest BCUT2D eigenvalue weighted by atomic mass is 10.1. The second kappa shape index (κ2) is 9.47. The minimum absolute atomic E-state index is 0.610. The highest BCUT2D eigenvalue weighted by Gasteiger charge is 2.21. The minimum atomic E-state index is 0.610. The Morgan fingerprint density at radius 3 is 2.72 bits per heavy atom. The van der Waals surface area contributed by atoms with Crippen molar-refractivity contribution in [1.29, 1.82) is 0 Å². The highest BCUT2D eigenvalue weighted by Crippen LogP contribution is 2.29. The Kier molecular flexibility index (Phi) is 8.20. The van der Waals surface area contributed by atoms with E-state index in [1.807, 2.05) is 18.5 Å². The van der Waals surface area contributed by atoms with Gasteiger partial charge in [0.2, 0.25) is 0 Å². The van der Waals surface area contributed by atoms with E-state index in [-0.39, 0.29) is 0 Å². The van der Waals surface area contributed by atoms with Gasteiger partial charge in [-0.1, -0.05) is 26.3 Å². The highest BCUT2D eigenvalue weighted by atomic mass is 31.1. The summed E-state index contributed by atoms with van der Waals surface area (Å²) in [6.07, 6.45) is 10.6. The van der Waals surface area contributed by atoms with E-state index >= 15 is 0 Å². The van der Waals surface area contributed by atoms with E-state index in [1.54, 1.807) is 0 Å². The van der Waals surface area contributed by atoms with Crippen LogP contribution in [0.4, 0.5) is 0 Å². The van der Waals surface area contributed by atoms with E-state index in [0.717, 1.165) is 0 Å². The van der Waals surface area contributed by atoms with Crippen molar-refractivity contribution in [2.24, 2.45) is 0 Å². The Bertz CT molecular complexity index is 299. The molecule has 0 amide bonds. The molecule has 0 spiro atoms. The van der Waals surface area contributed by atoms with Gasteiger partial charge in [0.05, 0.1) is 0 Å². The van der Waals surface area contributed by atoms with Gasteiger partial charge in [-0.3, -0.25) is 9.88 Å². The Hall–Kier alpha value is -0.460. The predicted molar refractivity (Wildman–Crippen MR) is 82.9 cm³/mol. The summed E-state index contributed by atoms with van der Waals surface area (Å²) < 4.78 is 0. The van der Waals surface area contributed by atoms with Crippen LogP contribution in [0.1, 0.15) is 44.7 Å². The fraction of sp³-hybridized carbons (Fsp3) is 0.667. The molecule has 1 aliphatic heterocycles. The van der Waals surface area contributed by atoms with Gasteiger partial charge >= 0.3 is 0 Å². The highest BCUT2D eigenvalue weighted by molar-refractivity contribution is 7.37. The summed E-state index contributed by atoms with van der Waals surface area (Å²) in [7, 11) is 3.40. The lowest BCUT2D eigenvalue weighted by Gasteiger charge is -2.18. The molecule has 2 unspecified atom stereocenters. The molecule has 1 fully saturated rings. The third-order valence-corrected chi connectivity index (χ3v) is 4.62. The second-order valence-electron chi connectivity index (χ2n) is 4.78. The molecule has 3 heteroatoms. The number of nitrogens with zero attached hydrogens (tertiary/aromatic N) is 2. The van der Waals surface area contributed by atoms with Crippen LogP contribution in [0.5, 0.6) is 0 Å². The van der Waals surface area contributed by atoms with Gasteiger partial charge < -0.3 is 0 Å². The smallest absolute Gasteiger partial charge is 0.0360 e. The number of hydrogen-bond acceptors (Lipinski definition) is 2. The van der Waals surface area contributed by atoms with Crippen molar-refractivity contribution in [2.45, 2.75) is 39.2 Å². The van der Waals surface area contributed by atoms with Crippen molar-refractivity contribution in [3.63, 3.8) is 0 Å². The van der Waals surface area contributed by atoms with E-state index in [0.29, 0.717) is 6.04 Å². The topological polar surface area (TPSA) is 16.1 Å². The summed E-state index contributed by atoms with van der Waals surface area (Å²) in [5, 5.41) is 0. The van der Waals surface area contributed by atoms with E-state index in [4.69, 9.17) is 0 Å². The summed E-state index contributed by atoms with van der Waals surface area (Å²) in [5.41, 5.74) is 1.36. The number of pyridine rings is 1. The van der Waals surface area contributed by atoms with Crippen LogP contribution in [0.25, 0.3) is 0 Å². The van der Waals surface area contributed by atoms with Crippen LogP contribution in [-0.2, 0) is 0 Å². The van der Waals surface area contributed by atoms with E-state index < -0.39 is 0 Å². The number of likely N-dealkylation sites (tertiary alicyclic amines) is 1. The van der Waals surface area contributed by atoms with Crippen LogP contribution < -0.4 is 0 Å². The fourth-order valence-corrected chi connectivity index (χ4v) is 2.97. The van der Waals surface area contributed by atoms with Crippen molar-refractivity contribution in [3.8, 4) is 0 Å². The summed E-state index contributed by atoms with van der Waals surface area (Å²) in [6, 6.07) is 4.79. The van der Waals surface area contributed by atoms with Crippen LogP contribution in [0.2, 0.25) is 0 Å². The van der Waals surface area contributed by atoms with Crippen LogP contribution >= 0.6 is 8.58 Å². The number of hydrogen-bond donors (Lipinski definition) is 0. The molecule has 0 aromatic carbocycles. The first-order valence-corrected chi connectivity index (χ1v) is 8.51. The normalized spacial score (nSPS) is 20.1. The predicted octanol–water partition coefficient (Wildman–Crippen LogP) is 3.94. The van der Waals surface area contributed by atoms with E-state index in [2.05, 4.69) is 36.8 Å². The third-order valence-electron chi connectivity index (χ3n) is 3.27. The molecular weight excluding hydrogens is 239 g/mol. The van der Waals surface area contributed by atoms with Gasteiger partial charge in [0, 0.05) is 18.4 Å². The maximum absolute atomic E-state index is 4.14. The van der Waals surface area contributed by atoms with Crippen molar-refractivity contribution in [2.75, 3.05) is 25.9 Å². The third kappa shape index (κ3) is 5.46. The Balaban J connectivity index is 0.000000232. The van der Waals surface area contributed by atoms with Gasteiger partial charge in [0.15, 0.2) is 0 Å². The van der Waals surface area contributed by atoms with Gasteiger partial charge in [-0.2, -0.15) is 0 Å². The molecule has 0 radical (unpaired) electrons. The molecular formula is C15H27N2P. The first-order valence-electron chi connectivity index (χ1n) is 7.10. The lowest BCUT2D eigenvalue weighted by molar-refractivity contribution is 0.317. The van der Waals surface area contributed by atoms with Gasteiger partial charge in [0.25, 0.3) is 0 Å². The summed E-state index contributed by atoms with van der Waals surface area (Å²) >= 11 is 0. The van der Waals surface area contributed by atoms with Gasteiger partial charge in [0.1, 0.15) is 0 Å². The largest absolute Gasteiger partial charge is 0.299 e. The van der Waals surface area contributed by atoms with Gasteiger partial charge in [-0.25, -0.2) is 0 Å². The van der Waals surface area contributed by atoms with Crippen LogP contribution in [0.3, 0.4) is 0 Å². The average Bonchev–Trinajstić information content (AvgIpc) is 2.84. The standard InChI is InChI=1S/C10H14N2.C5H13P/c1-12-7-3-5-10(12)9-4-2-6-11-8-9;1-3-5-6-4-2/h2,4,6,8,10H,3,5,7H2,1H3;6H,3-5H2,1-2H3. The van der Waals surface area contributed by atoms with Crippen molar-refractivity contribution in [3.05, 3.63) is 30.1 Å². The zero-order valence-corrected chi connectivity index (χ0v) is 13.0. The number of aromatic nitrogens is 1. The molecule has 0 bridgehead atoms. The van der Waals surface area contributed by atoms with Crippen LogP contribution in [-0.4, -0.2) is 35.8 Å². The van der Waals surface area contributed by atoms with Crippen molar-refractivity contribution < 1.29 is 0 Å². The maximum atomic E-state index is 4.14. The molecule has 0 N–H and O–H groups in total. The van der Waals surface area contributed by atoms with Crippen molar-refractivity contribution in [1.82, 2.24) is 9.88 Å². The molecule has 1 aromatic heterocycles. The molecule has 102 valence electrons. The minimum Gasteiger partial charge on any atom is -0.299 e. The first kappa shape index (κ1) is 15.6. The Labute approximate surface area is 114 Å². The summed E-state index contributed by atoms with van der Waals surface area (Å²) in [5.74, 6) is 0. The van der Waals surface area contributed by atoms with Crippen LogP contribution in [0, 0.1) is 0 Å². The molecule has 0 aliphatic carbocycles. The zero-order valence-electron chi connectivity index (χ0n) is 12.0. The molecule has 2 nitrogen and oxygen atoms in total. The fourth-order valence-electron chi connectivity index (χ4n) is 2.26. The Morgan fingerprint density at radius 1 is 1.44 bits per heavy atom. The van der Waals surface area contributed by atoms with E-state index in [1.165, 1.54) is 52.3 Å². The average molecular weight is 266 g/mol. The maximum Gasteiger partial charge on any atom is 0.0360 e. The molecule has 2 heterocycles. The summed E-state index contributed by atoms with van der Waals surface area (Å²) in [4.78, 5) is 6.54. The molecule has 1 saturated heterocycles. The van der Waals surface area contributed by atoms with Crippen molar-refractivity contribution >= 4 is 8.58 Å². The zero-order chi connectivity index (χ0) is 13.2. The second-order valence-corrected chi connectivity index (χ2v) is 6.49. The van der Waals surface area contributed by atoms with E-state index in [9.17, 15) is 0 Å². The molecule has 1 aromatic rings. The molecule has 2 rings (SSSR count). The quantitative estimate of drug-likeness (QED) is 0.606. The molecule has 2 atom stereocenters.